The zero-order valence-electron chi connectivity index (χ0n) is 30.6. The van der Waals surface area contributed by atoms with Gasteiger partial charge in [0.25, 0.3) is 0 Å². The molecule has 7 atom stereocenters. The monoisotopic (exact) mass is 693 g/mol. The third kappa shape index (κ3) is 13.5. The normalized spacial score (nSPS) is 29.2. The molecule has 1 heterocycles. The highest BCUT2D eigenvalue weighted by molar-refractivity contribution is 5.96. The highest BCUT2D eigenvalue weighted by atomic mass is 16.5. The fourth-order valence-electron chi connectivity index (χ4n) is 6.68. The number of carbonyl (C=O) groups excluding carboxylic acids is 6. The molecule has 14 heteroatoms. The molecule has 2 aliphatic rings. The van der Waals surface area contributed by atoms with Crippen LogP contribution in [-0.4, -0.2) is 104 Å². The molecule has 2 fully saturated rings. The Labute approximate surface area is 292 Å². The Morgan fingerprint density at radius 2 is 1.55 bits per heavy atom. The van der Waals surface area contributed by atoms with Crippen molar-refractivity contribution in [1.29, 1.82) is 0 Å². The molecule has 4 unspecified atom stereocenters. The molecule has 6 amide bonds. The van der Waals surface area contributed by atoms with Crippen LogP contribution < -0.4 is 32.3 Å². The van der Waals surface area contributed by atoms with Crippen LogP contribution in [0.5, 0.6) is 0 Å². The lowest BCUT2D eigenvalue weighted by Crippen LogP contribution is -2.62. The Kier molecular flexibility index (Phi) is 18.6. The Bertz CT molecular complexity index is 1080. The van der Waals surface area contributed by atoms with Crippen molar-refractivity contribution >= 4 is 35.9 Å². The predicted octanol–water partition coefficient (Wildman–Crippen LogP) is 1.11. The maximum Gasteiger partial charge on any atom is 0.244 e. The van der Waals surface area contributed by atoms with Gasteiger partial charge in [-0.1, -0.05) is 72.6 Å². The van der Waals surface area contributed by atoms with E-state index in [9.17, 15) is 28.8 Å². The van der Waals surface area contributed by atoms with Crippen molar-refractivity contribution in [1.82, 2.24) is 31.5 Å². The molecule has 0 aromatic rings. The predicted molar refractivity (Wildman–Crippen MR) is 187 cm³/mol. The Hall–Kier alpha value is -3.26. The molecular weight excluding hydrogens is 630 g/mol. The van der Waals surface area contributed by atoms with Crippen LogP contribution in [0.15, 0.2) is 0 Å². The molecular formula is C35H63N7O7. The number of rotatable bonds is 12. The van der Waals surface area contributed by atoms with Gasteiger partial charge in [-0.15, -0.1) is 0 Å². The number of nitrogens with zero attached hydrogens (tertiary/aromatic N) is 1. The number of unbranched alkanes of at least 4 members (excludes halogenated alkanes) is 3. The molecule has 0 aromatic carbocycles. The van der Waals surface area contributed by atoms with Gasteiger partial charge < -0.3 is 42.0 Å². The average molecular weight is 694 g/mol. The van der Waals surface area contributed by atoms with E-state index in [2.05, 4.69) is 33.5 Å². The van der Waals surface area contributed by atoms with Gasteiger partial charge >= 0.3 is 0 Å². The number of ether oxygens (including phenoxy) is 1. The Balaban J connectivity index is 2.55. The van der Waals surface area contributed by atoms with Crippen molar-refractivity contribution in [3.8, 4) is 0 Å². The third-order valence-electron chi connectivity index (χ3n) is 9.66. The van der Waals surface area contributed by atoms with Gasteiger partial charge in [0.1, 0.15) is 24.2 Å². The van der Waals surface area contributed by atoms with Crippen molar-refractivity contribution in [3.05, 3.63) is 0 Å². The lowest BCUT2D eigenvalue weighted by Gasteiger charge is -2.36. The molecule has 49 heavy (non-hydrogen) atoms. The number of likely N-dealkylation sites (N-methyl/N-ethyl adjacent to an activating group) is 1. The topological polar surface area (TPSA) is 201 Å². The highest BCUT2D eigenvalue weighted by Crippen LogP contribution is 2.28. The van der Waals surface area contributed by atoms with Crippen molar-refractivity contribution in [2.45, 2.75) is 142 Å². The van der Waals surface area contributed by atoms with E-state index >= 15 is 0 Å². The van der Waals surface area contributed by atoms with E-state index in [4.69, 9.17) is 10.5 Å². The molecule has 1 saturated carbocycles. The van der Waals surface area contributed by atoms with Gasteiger partial charge in [-0.25, -0.2) is 0 Å². The van der Waals surface area contributed by atoms with Crippen LogP contribution in [0, 0.1) is 17.8 Å². The van der Waals surface area contributed by atoms with Gasteiger partial charge in [0, 0.05) is 26.2 Å². The number of nitrogens with one attached hydrogen (secondary N) is 5. The zero-order chi connectivity index (χ0) is 36.5. The maximum absolute atomic E-state index is 14.1. The number of nitrogens with two attached hydrogens (primary N) is 1. The standard InChI is InChI=1S/C35H63N7O7/c1-7-8-9-13-16-29-24(5)35(48)42(6)28(17-22(2)3)33(46)41-30(25-14-11-10-12-15-25)34(47)39-26(18-36)31(44)40-27(19-37-21-43)32(45)38-23(4)20-49-29/h21-30H,7-20,36H2,1-6H3,(H,37,43)(H,38,45)(H,39,47)(H,40,44)(H,41,46)/t23-,24-,26?,27?,28?,29-,30?/m1/s1. The van der Waals surface area contributed by atoms with E-state index in [1.54, 1.807) is 20.9 Å². The molecule has 1 saturated heterocycles. The summed E-state index contributed by atoms with van der Waals surface area (Å²) in [7, 11) is 1.63. The lowest BCUT2D eigenvalue weighted by molar-refractivity contribution is -0.147. The van der Waals surface area contributed by atoms with Crippen LogP contribution in [0.4, 0.5) is 0 Å². The molecule has 1 aliphatic heterocycles. The highest BCUT2D eigenvalue weighted by Gasteiger charge is 2.39. The summed E-state index contributed by atoms with van der Waals surface area (Å²) in [6.45, 7) is 9.26. The minimum absolute atomic E-state index is 0.0717. The summed E-state index contributed by atoms with van der Waals surface area (Å²) in [5, 5.41) is 13.6. The quantitative estimate of drug-likeness (QED) is 0.129. The second-order valence-electron chi connectivity index (χ2n) is 14.3. The fourth-order valence-corrected chi connectivity index (χ4v) is 6.68. The molecule has 0 aromatic heterocycles. The first-order chi connectivity index (χ1) is 23.3. The largest absolute Gasteiger partial charge is 0.375 e. The van der Waals surface area contributed by atoms with Gasteiger partial charge in [0.05, 0.1) is 18.6 Å². The molecule has 14 nitrogen and oxygen atoms in total. The first kappa shape index (κ1) is 41.9. The second kappa shape index (κ2) is 21.7. The van der Waals surface area contributed by atoms with Crippen LogP contribution in [-0.2, 0) is 33.5 Å². The molecule has 0 radical (unpaired) electrons. The molecule has 7 N–H and O–H groups in total. The van der Waals surface area contributed by atoms with E-state index in [1.165, 1.54) is 4.90 Å². The average Bonchev–Trinajstić information content (AvgIpc) is 3.08. The van der Waals surface area contributed by atoms with Gasteiger partial charge in [-0.2, -0.15) is 0 Å². The maximum atomic E-state index is 14.1. The third-order valence-corrected chi connectivity index (χ3v) is 9.66. The minimum atomic E-state index is -1.21. The Morgan fingerprint density at radius 1 is 0.898 bits per heavy atom. The molecule has 0 bridgehead atoms. The molecule has 1 aliphatic carbocycles. The van der Waals surface area contributed by atoms with Crippen molar-refractivity contribution in [3.63, 3.8) is 0 Å². The van der Waals surface area contributed by atoms with Crippen LogP contribution in [0.1, 0.15) is 105 Å². The SMILES string of the molecule is CCCCCC[C@H]1OC[C@@H](C)NC(=O)C(CNC=O)NC(=O)C(CN)NC(=O)C(C2CCCCC2)NC(=O)C(CC(C)C)N(C)C(=O)[C@@H]1C. The van der Waals surface area contributed by atoms with Crippen molar-refractivity contribution in [2.75, 3.05) is 26.7 Å². The second-order valence-corrected chi connectivity index (χ2v) is 14.3. The van der Waals surface area contributed by atoms with E-state index in [1.807, 2.05) is 13.8 Å². The van der Waals surface area contributed by atoms with Gasteiger partial charge in [0.15, 0.2) is 0 Å². The summed E-state index contributed by atoms with van der Waals surface area (Å²) in [6.07, 6.45) is 9.14. The van der Waals surface area contributed by atoms with E-state index in [-0.39, 0.29) is 37.4 Å². The van der Waals surface area contributed by atoms with Crippen molar-refractivity contribution in [2.24, 2.45) is 23.5 Å². The zero-order valence-corrected chi connectivity index (χ0v) is 30.6. The van der Waals surface area contributed by atoms with Crippen LogP contribution >= 0.6 is 0 Å². The summed E-state index contributed by atoms with van der Waals surface area (Å²) in [6, 6.07) is -4.69. The summed E-state index contributed by atoms with van der Waals surface area (Å²) >= 11 is 0. The molecule has 2 rings (SSSR count). The Morgan fingerprint density at radius 3 is 2.16 bits per heavy atom. The van der Waals surface area contributed by atoms with E-state index in [0.29, 0.717) is 32.1 Å². The summed E-state index contributed by atoms with van der Waals surface area (Å²) < 4.78 is 6.31. The first-order valence-corrected chi connectivity index (χ1v) is 18.3. The molecule has 280 valence electrons. The fraction of sp³-hybridized carbons (Fsp3) is 0.829. The van der Waals surface area contributed by atoms with Gasteiger partial charge in [-0.3, -0.25) is 28.8 Å². The summed E-state index contributed by atoms with van der Waals surface area (Å²) in [5.41, 5.74) is 5.94. The molecule has 0 spiro atoms. The van der Waals surface area contributed by atoms with E-state index < -0.39 is 65.9 Å². The number of hydrogen-bond donors (Lipinski definition) is 6. The van der Waals surface area contributed by atoms with Crippen LogP contribution in [0.3, 0.4) is 0 Å². The summed E-state index contributed by atoms with van der Waals surface area (Å²) in [5.74, 6) is -3.20. The number of amides is 6. The van der Waals surface area contributed by atoms with Gasteiger partial charge in [0.2, 0.25) is 35.9 Å². The van der Waals surface area contributed by atoms with E-state index in [0.717, 1.165) is 44.9 Å². The van der Waals surface area contributed by atoms with Crippen LogP contribution in [0.25, 0.3) is 0 Å². The minimum Gasteiger partial charge on any atom is -0.375 e. The van der Waals surface area contributed by atoms with Crippen molar-refractivity contribution < 1.29 is 33.5 Å². The summed E-state index contributed by atoms with van der Waals surface area (Å²) in [4.78, 5) is 81.4. The number of hydrogen-bond acceptors (Lipinski definition) is 8. The lowest BCUT2D eigenvalue weighted by atomic mass is 9.83. The van der Waals surface area contributed by atoms with Gasteiger partial charge in [-0.05, 0) is 44.4 Å². The number of carbonyl (C=O) groups is 6. The first-order valence-electron chi connectivity index (χ1n) is 18.3. The smallest absolute Gasteiger partial charge is 0.244 e. The van der Waals surface area contributed by atoms with Crippen LogP contribution in [0.2, 0.25) is 0 Å².